The van der Waals surface area contributed by atoms with Gasteiger partial charge in [0.15, 0.2) is 0 Å². The summed E-state index contributed by atoms with van der Waals surface area (Å²) in [6.45, 7) is 4.67. The molecule has 2 saturated heterocycles. The lowest BCUT2D eigenvalue weighted by Crippen LogP contribution is -2.47. The summed E-state index contributed by atoms with van der Waals surface area (Å²) in [4.78, 5) is 17.1. The van der Waals surface area contributed by atoms with Crippen molar-refractivity contribution >= 4 is 17.5 Å². The first-order valence-corrected chi connectivity index (χ1v) is 9.63. The van der Waals surface area contributed by atoms with Gasteiger partial charge in [0.1, 0.15) is 5.75 Å². The van der Waals surface area contributed by atoms with Crippen molar-refractivity contribution in [2.45, 2.75) is 19.3 Å². The van der Waals surface area contributed by atoms with Gasteiger partial charge in [0.25, 0.3) is 0 Å². The summed E-state index contributed by atoms with van der Waals surface area (Å²) in [5.74, 6) is 1.38. The van der Waals surface area contributed by atoms with E-state index in [1.807, 2.05) is 23.1 Å². The molecule has 0 radical (unpaired) electrons. The molecule has 2 fully saturated rings. The maximum absolute atomic E-state index is 12.7. The highest BCUT2D eigenvalue weighted by Crippen LogP contribution is 2.44. The van der Waals surface area contributed by atoms with Crippen LogP contribution in [0.3, 0.4) is 0 Å². The van der Waals surface area contributed by atoms with Crippen LogP contribution in [-0.2, 0) is 16.0 Å². The standard InChI is InChI=1S/C20H29ClN2O3/c1-22-12-16(13-25-2)20(14-22)6-8-23(9-7-20)19(24)11-15-4-5-18(26-3)17(21)10-15/h4-5,10,16H,6-9,11-14H2,1-3H3. The molecule has 1 atom stereocenters. The van der Waals surface area contributed by atoms with E-state index in [9.17, 15) is 4.79 Å². The largest absolute Gasteiger partial charge is 0.495 e. The number of benzene rings is 1. The van der Waals surface area contributed by atoms with Gasteiger partial charge in [-0.3, -0.25) is 4.79 Å². The van der Waals surface area contributed by atoms with Gasteiger partial charge in [0.05, 0.1) is 25.2 Å². The molecule has 1 amide bonds. The summed E-state index contributed by atoms with van der Waals surface area (Å²) < 4.78 is 10.6. The first kappa shape index (κ1) is 19.5. The molecule has 1 aromatic rings. The fourth-order valence-corrected chi connectivity index (χ4v) is 4.89. The summed E-state index contributed by atoms with van der Waals surface area (Å²) in [6.07, 6.45) is 2.50. The first-order valence-electron chi connectivity index (χ1n) is 9.25. The highest BCUT2D eigenvalue weighted by molar-refractivity contribution is 6.32. The number of methoxy groups -OCH3 is 2. The Labute approximate surface area is 161 Å². The Balaban J connectivity index is 1.59. The highest BCUT2D eigenvalue weighted by Gasteiger charge is 2.47. The predicted octanol–water partition coefficient (Wildman–Crippen LogP) is 2.71. The molecule has 2 heterocycles. The first-order chi connectivity index (χ1) is 12.5. The summed E-state index contributed by atoms with van der Waals surface area (Å²) in [6, 6.07) is 5.55. The Bertz CT molecular complexity index is 644. The van der Waals surface area contributed by atoms with Crippen molar-refractivity contribution in [3.8, 4) is 5.75 Å². The molecular formula is C20H29ClN2O3. The summed E-state index contributed by atoms with van der Waals surface area (Å²) in [5, 5.41) is 0.548. The van der Waals surface area contributed by atoms with E-state index < -0.39 is 0 Å². The van der Waals surface area contributed by atoms with Crippen LogP contribution < -0.4 is 4.74 Å². The number of piperidine rings is 1. The second-order valence-corrected chi connectivity index (χ2v) is 8.15. The van der Waals surface area contributed by atoms with Crippen LogP contribution in [0.2, 0.25) is 5.02 Å². The monoisotopic (exact) mass is 380 g/mol. The topological polar surface area (TPSA) is 42.0 Å². The second kappa shape index (κ2) is 8.15. The summed E-state index contributed by atoms with van der Waals surface area (Å²) in [7, 11) is 5.56. The van der Waals surface area contributed by atoms with E-state index >= 15 is 0 Å². The molecule has 0 bridgehead atoms. The Hall–Kier alpha value is -1.30. The van der Waals surface area contributed by atoms with Crippen LogP contribution >= 0.6 is 11.6 Å². The Kier molecular flexibility index (Phi) is 6.10. The molecule has 0 aliphatic carbocycles. The predicted molar refractivity (Wildman–Crippen MR) is 103 cm³/mol. The molecule has 2 aliphatic heterocycles. The average molecular weight is 381 g/mol. The van der Waals surface area contributed by atoms with Gasteiger partial charge < -0.3 is 19.3 Å². The van der Waals surface area contributed by atoms with E-state index in [0.29, 0.717) is 28.5 Å². The number of nitrogens with zero attached hydrogens (tertiary/aromatic N) is 2. The normalized spacial score (nSPS) is 22.8. The molecular weight excluding hydrogens is 352 g/mol. The zero-order valence-corrected chi connectivity index (χ0v) is 16.7. The summed E-state index contributed by atoms with van der Waals surface area (Å²) in [5.41, 5.74) is 1.23. The third-order valence-electron chi connectivity index (χ3n) is 6.03. The van der Waals surface area contributed by atoms with E-state index in [-0.39, 0.29) is 5.91 Å². The number of hydrogen-bond acceptors (Lipinski definition) is 4. The van der Waals surface area contributed by atoms with Gasteiger partial charge in [-0.05, 0) is 43.0 Å². The van der Waals surface area contributed by atoms with Crippen LogP contribution in [0, 0.1) is 11.3 Å². The van der Waals surface area contributed by atoms with Crippen molar-refractivity contribution in [2.75, 3.05) is 54.1 Å². The van der Waals surface area contributed by atoms with E-state index in [1.54, 1.807) is 14.2 Å². The van der Waals surface area contributed by atoms with Crippen molar-refractivity contribution < 1.29 is 14.3 Å². The van der Waals surface area contributed by atoms with Crippen LogP contribution in [0.15, 0.2) is 18.2 Å². The van der Waals surface area contributed by atoms with Crippen LogP contribution in [0.1, 0.15) is 18.4 Å². The van der Waals surface area contributed by atoms with Crippen molar-refractivity contribution in [3.05, 3.63) is 28.8 Å². The third kappa shape index (κ3) is 4.00. The number of carbonyl (C=O) groups excluding carboxylic acids is 1. The van der Waals surface area contributed by atoms with Gasteiger partial charge in [-0.25, -0.2) is 0 Å². The molecule has 6 heteroatoms. The fraction of sp³-hybridized carbons (Fsp3) is 0.650. The zero-order valence-electron chi connectivity index (χ0n) is 16.0. The van der Waals surface area contributed by atoms with Crippen LogP contribution in [0.5, 0.6) is 5.75 Å². The van der Waals surface area contributed by atoms with Gasteiger partial charge in [-0.15, -0.1) is 0 Å². The van der Waals surface area contributed by atoms with Gasteiger partial charge in [-0.1, -0.05) is 17.7 Å². The second-order valence-electron chi connectivity index (χ2n) is 7.74. The molecule has 2 aliphatic rings. The fourth-order valence-electron chi connectivity index (χ4n) is 4.61. The maximum atomic E-state index is 12.7. The third-order valence-corrected chi connectivity index (χ3v) is 6.33. The van der Waals surface area contributed by atoms with Crippen LogP contribution in [-0.4, -0.2) is 69.8 Å². The van der Waals surface area contributed by atoms with Crippen LogP contribution in [0.4, 0.5) is 0 Å². The van der Waals surface area contributed by atoms with Crippen molar-refractivity contribution in [3.63, 3.8) is 0 Å². The quantitative estimate of drug-likeness (QED) is 0.787. The van der Waals surface area contributed by atoms with Crippen molar-refractivity contribution in [1.29, 1.82) is 0 Å². The number of halogens is 1. The van der Waals surface area contributed by atoms with E-state index in [0.717, 1.165) is 51.2 Å². The number of rotatable bonds is 5. The lowest BCUT2D eigenvalue weighted by molar-refractivity contribution is -0.133. The Morgan fingerprint density at radius 3 is 2.65 bits per heavy atom. The molecule has 5 nitrogen and oxygen atoms in total. The molecule has 26 heavy (non-hydrogen) atoms. The number of amides is 1. The summed E-state index contributed by atoms with van der Waals surface area (Å²) >= 11 is 6.17. The highest BCUT2D eigenvalue weighted by atomic mass is 35.5. The minimum Gasteiger partial charge on any atom is -0.495 e. The molecule has 1 aromatic carbocycles. The maximum Gasteiger partial charge on any atom is 0.226 e. The van der Waals surface area contributed by atoms with E-state index in [1.165, 1.54) is 0 Å². The zero-order chi connectivity index (χ0) is 18.7. The van der Waals surface area contributed by atoms with Crippen molar-refractivity contribution in [1.82, 2.24) is 9.80 Å². The minimum atomic E-state index is 0.177. The van der Waals surface area contributed by atoms with Gasteiger partial charge in [0.2, 0.25) is 5.91 Å². The lowest BCUT2D eigenvalue weighted by atomic mass is 9.71. The molecule has 0 N–H and O–H groups in total. The number of carbonyl (C=O) groups is 1. The molecule has 144 valence electrons. The smallest absolute Gasteiger partial charge is 0.226 e. The molecule has 1 unspecified atom stereocenters. The molecule has 1 spiro atoms. The van der Waals surface area contributed by atoms with Crippen molar-refractivity contribution in [2.24, 2.45) is 11.3 Å². The molecule has 0 aromatic heterocycles. The van der Waals surface area contributed by atoms with Gasteiger partial charge in [-0.2, -0.15) is 0 Å². The van der Waals surface area contributed by atoms with Gasteiger partial charge >= 0.3 is 0 Å². The van der Waals surface area contributed by atoms with Crippen LogP contribution in [0.25, 0.3) is 0 Å². The molecule has 3 rings (SSSR count). The number of likely N-dealkylation sites (tertiary alicyclic amines) is 2. The Morgan fingerprint density at radius 1 is 1.31 bits per heavy atom. The molecule has 0 saturated carbocycles. The number of ether oxygens (including phenoxy) is 2. The lowest BCUT2D eigenvalue weighted by Gasteiger charge is -2.42. The number of hydrogen-bond donors (Lipinski definition) is 0. The van der Waals surface area contributed by atoms with Gasteiger partial charge in [0, 0.05) is 39.2 Å². The minimum absolute atomic E-state index is 0.177. The van der Waals surface area contributed by atoms with E-state index in [2.05, 4.69) is 11.9 Å². The average Bonchev–Trinajstić information content (AvgIpc) is 2.91. The SMILES string of the molecule is COCC1CN(C)CC12CCN(C(=O)Cc1ccc(OC)c(Cl)c1)CC2. The Morgan fingerprint density at radius 2 is 2.04 bits per heavy atom. The van der Waals surface area contributed by atoms with E-state index in [4.69, 9.17) is 21.1 Å².